The quantitative estimate of drug-likeness (QED) is 0.705. The Morgan fingerprint density at radius 2 is 2.00 bits per heavy atom. The molecule has 2 nitrogen and oxygen atoms in total. The number of hydrogen-bond donors (Lipinski definition) is 1. The second-order valence-corrected chi connectivity index (χ2v) is 3.13. The molecule has 68 valence electrons. The van der Waals surface area contributed by atoms with Crippen molar-refractivity contribution in [3.8, 4) is 0 Å². The third-order valence-electron chi connectivity index (χ3n) is 2.08. The molecule has 1 aliphatic rings. The summed E-state index contributed by atoms with van der Waals surface area (Å²) in [5, 5.41) is 0. The predicted octanol–water partition coefficient (Wildman–Crippen LogP) is 1.49. The van der Waals surface area contributed by atoms with Crippen LogP contribution in [0.4, 0.5) is 10.1 Å². The first-order valence-corrected chi connectivity index (χ1v) is 4.22. The van der Waals surface area contributed by atoms with Gasteiger partial charge in [0.2, 0.25) is 0 Å². The maximum atomic E-state index is 12.6. The van der Waals surface area contributed by atoms with E-state index >= 15 is 0 Å². The molecule has 0 aliphatic carbocycles. The summed E-state index contributed by atoms with van der Waals surface area (Å²) in [6.45, 7) is 0.769. The molecule has 0 aromatic heterocycles. The Morgan fingerprint density at radius 3 is 2.54 bits per heavy atom. The van der Waals surface area contributed by atoms with Crippen molar-refractivity contribution in [1.29, 1.82) is 0 Å². The van der Waals surface area contributed by atoms with E-state index in [0.29, 0.717) is 0 Å². The number of hydrogen-bond acceptors (Lipinski definition) is 2. The highest BCUT2D eigenvalue weighted by Gasteiger charge is 2.12. The zero-order chi connectivity index (χ0) is 9.26. The molecule has 1 aromatic rings. The van der Waals surface area contributed by atoms with Gasteiger partial charge in [-0.3, -0.25) is 0 Å². The van der Waals surface area contributed by atoms with Crippen molar-refractivity contribution in [2.45, 2.75) is 6.04 Å². The minimum atomic E-state index is -0.212. The van der Waals surface area contributed by atoms with E-state index in [-0.39, 0.29) is 11.9 Å². The Balaban J connectivity index is 2.18. The van der Waals surface area contributed by atoms with Crippen molar-refractivity contribution in [3.63, 3.8) is 0 Å². The predicted molar refractivity (Wildman–Crippen MR) is 50.9 cm³/mol. The molecule has 2 rings (SSSR count). The summed E-state index contributed by atoms with van der Waals surface area (Å²) in [5.74, 6) is -0.212. The molecule has 0 spiro atoms. The molecule has 1 aliphatic heterocycles. The average molecular weight is 178 g/mol. The monoisotopic (exact) mass is 178 g/mol. The summed E-state index contributed by atoms with van der Waals surface area (Å²) in [5.41, 5.74) is 6.67. The van der Waals surface area contributed by atoms with Crippen LogP contribution in [-0.2, 0) is 0 Å². The van der Waals surface area contributed by atoms with Crippen LogP contribution in [0.25, 0.3) is 0 Å². The van der Waals surface area contributed by atoms with Crippen molar-refractivity contribution in [2.24, 2.45) is 5.73 Å². The van der Waals surface area contributed by atoms with Crippen LogP contribution < -0.4 is 10.6 Å². The Labute approximate surface area is 76.5 Å². The van der Waals surface area contributed by atoms with E-state index in [4.69, 9.17) is 5.73 Å². The standard InChI is InChI=1S/C10H11FN2/c11-8-1-3-10(4-2-8)13-6-5-9(12)7-13/h1-6,9H,7,12H2. The first kappa shape index (κ1) is 8.26. The molecule has 0 amide bonds. The van der Waals surface area contributed by atoms with E-state index in [1.807, 2.05) is 17.2 Å². The molecule has 0 radical (unpaired) electrons. The Kier molecular flexibility index (Phi) is 2.02. The van der Waals surface area contributed by atoms with Gasteiger partial charge in [-0.25, -0.2) is 4.39 Å². The molecule has 1 unspecified atom stereocenters. The highest BCUT2D eigenvalue weighted by molar-refractivity contribution is 5.51. The largest absolute Gasteiger partial charge is 0.346 e. The van der Waals surface area contributed by atoms with E-state index in [2.05, 4.69) is 0 Å². The van der Waals surface area contributed by atoms with Gasteiger partial charge in [-0.2, -0.15) is 0 Å². The number of nitrogens with two attached hydrogens (primary N) is 1. The maximum Gasteiger partial charge on any atom is 0.123 e. The molecule has 0 saturated carbocycles. The third kappa shape index (κ3) is 1.70. The maximum absolute atomic E-state index is 12.6. The lowest BCUT2D eigenvalue weighted by molar-refractivity contribution is 0.627. The zero-order valence-electron chi connectivity index (χ0n) is 7.15. The van der Waals surface area contributed by atoms with Crippen LogP contribution in [0.2, 0.25) is 0 Å². The summed E-state index contributed by atoms with van der Waals surface area (Å²) in [7, 11) is 0. The lowest BCUT2D eigenvalue weighted by Crippen LogP contribution is -2.26. The fraction of sp³-hybridized carbons (Fsp3) is 0.200. The molecule has 0 saturated heterocycles. The van der Waals surface area contributed by atoms with E-state index in [9.17, 15) is 4.39 Å². The third-order valence-corrected chi connectivity index (χ3v) is 2.08. The SMILES string of the molecule is NC1C=CN(c2ccc(F)cc2)C1. The molecule has 0 fully saturated rings. The van der Waals surface area contributed by atoms with Gasteiger partial charge in [0.15, 0.2) is 0 Å². The van der Waals surface area contributed by atoms with E-state index in [0.717, 1.165) is 12.2 Å². The van der Waals surface area contributed by atoms with Gasteiger partial charge in [-0.15, -0.1) is 0 Å². The van der Waals surface area contributed by atoms with Crippen LogP contribution in [0.3, 0.4) is 0 Å². The fourth-order valence-corrected chi connectivity index (χ4v) is 1.39. The summed E-state index contributed by atoms with van der Waals surface area (Å²) in [6, 6.07) is 6.49. The highest BCUT2D eigenvalue weighted by atomic mass is 19.1. The fourth-order valence-electron chi connectivity index (χ4n) is 1.39. The lowest BCUT2D eigenvalue weighted by Gasteiger charge is -2.16. The normalized spacial score (nSPS) is 21.1. The molecular weight excluding hydrogens is 167 g/mol. The molecule has 1 atom stereocenters. The van der Waals surface area contributed by atoms with Crippen LogP contribution in [0.1, 0.15) is 0 Å². The van der Waals surface area contributed by atoms with Gasteiger partial charge in [0.25, 0.3) is 0 Å². The molecule has 2 N–H and O–H groups in total. The number of halogens is 1. The van der Waals surface area contributed by atoms with Gasteiger partial charge in [0, 0.05) is 24.5 Å². The summed E-state index contributed by atoms with van der Waals surface area (Å²) in [6.07, 6.45) is 3.86. The number of benzene rings is 1. The average Bonchev–Trinajstić information content (AvgIpc) is 2.53. The Hall–Kier alpha value is -1.35. The second-order valence-electron chi connectivity index (χ2n) is 3.13. The summed E-state index contributed by atoms with van der Waals surface area (Å²) >= 11 is 0. The van der Waals surface area contributed by atoms with Crippen molar-refractivity contribution in [3.05, 3.63) is 42.4 Å². The van der Waals surface area contributed by atoms with E-state index < -0.39 is 0 Å². The first-order valence-electron chi connectivity index (χ1n) is 4.22. The van der Waals surface area contributed by atoms with Crippen LogP contribution >= 0.6 is 0 Å². The molecule has 3 heteroatoms. The smallest absolute Gasteiger partial charge is 0.123 e. The summed E-state index contributed by atoms with van der Waals surface area (Å²) in [4.78, 5) is 2.00. The van der Waals surface area contributed by atoms with E-state index in [1.165, 1.54) is 12.1 Å². The van der Waals surface area contributed by atoms with Crippen molar-refractivity contribution in [2.75, 3.05) is 11.4 Å². The minimum absolute atomic E-state index is 0.0880. The van der Waals surface area contributed by atoms with E-state index in [1.54, 1.807) is 12.1 Å². The first-order chi connectivity index (χ1) is 6.25. The number of nitrogens with zero attached hydrogens (tertiary/aromatic N) is 1. The van der Waals surface area contributed by atoms with Gasteiger partial charge in [0.1, 0.15) is 5.82 Å². The molecular formula is C10H11FN2. The van der Waals surface area contributed by atoms with Crippen molar-refractivity contribution < 1.29 is 4.39 Å². The topological polar surface area (TPSA) is 29.3 Å². The van der Waals surface area contributed by atoms with Crippen LogP contribution in [0, 0.1) is 5.82 Å². The number of anilines is 1. The van der Waals surface area contributed by atoms with Crippen LogP contribution in [0.15, 0.2) is 36.5 Å². The van der Waals surface area contributed by atoms with Gasteiger partial charge < -0.3 is 10.6 Å². The highest BCUT2D eigenvalue weighted by Crippen LogP contribution is 2.18. The van der Waals surface area contributed by atoms with Crippen LogP contribution in [-0.4, -0.2) is 12.6 Å². The Morgan fingerprint density at radius 1 is 1.31 bits per heavy atom. The second kappa shape index (κ2) is 3.18. The zero-order valence-corrected chi connectivity index (χ0v) is 7.15. The minimum Gasteiger partial charge on any atom is -0.346 e. The van der Waals surface area contributed by atoms with Gasteiger partial charge in [-0.1, -0.05) is 0 Å². The lowest BCUT2D eigenvalue weighted by atomic mass is 10.3. The van der Waals surface area contributed by atoms with Crippen LogP contribution in [0.5, 0.6) is 0 Å². The van der Waals surface area contributed by atoms with Crippen molar-refractivity contribution >= 4 is 5.69 Å². The van der Waals surface area contributed by atoms with Crippen molar-refractivity contribution in [1.82, 2.24) is 0 Å². The van der Waals surface area contributed by atoms with Gasteiger partial charge >= 0.3 is 0 Å². The molecule has 13 heavy (non-hydrogen) atoms. The van der Waals surface area contributed by atoms with Gasteiger partial charge in [0.05, 0.1) is 0 Å². The van der Waals surface area contributed by atoms with Gasteiger partial charge in [-0.05, 0) is 30.3 Å². The molecule has 1 heterocycles. The molecule has 0 bridgehead atoms. The Bertz CT molecular complexity index is 318. The molecule has 1 aromatic carbocycles. The number of rotatable bonds is 1. The summed E-state index contributed by atoms with van der Waals surface area (Å²) < 4.78 is 12.6.